The largest absolute Gasteiger partial charge is 0.326 e. The lowest BCUT2D eigenvalue weighted by atomic mass is 10.1. The van der Waals surface area contributed by atoms with E-state index in [1.165, 1.54) is 23.3 Å². The fraction of sp³-hybridized carbons (Fsp3) is 0.158. The first-order valence-electron chi connectivity index (χ1n) is 7.95. The number of Topliss-reactive ketones (excluding diaryl/α,β-unsaturated/α-hetero) is 1. The molecule has 1 amide bonds. The zero-order valence-electron chi connectivity index (χ0n) is 14.4. The minimum atomic E-state index is -0.164. The molecule has 132 valence electrons. The highest BCUT2D eigenvalue weighted by atomic mass is 32.2. The molecule has 0 saturated carbocycles. The molecule has 0 aliphatic heterocycles. The molecule has 26 heavy (non-hydrogen) atoms. The molecule has 0 bridgehead atoms. The van der Waals surface area contributed by atoms with Crippen LogP contribution in [0.25, 0.3) is 10.9 Å². The zero-order chi connectivity index (χ0) is 18.7. The Morgan fingerprint density at radius 2 is 1.81 bits per heavy atom. The lowest BCUT2D eigenvalue weighted by Crippen LogP contribution is -2.20. The molecule has 2 aromatic carbocycles. The average molecular weight is 367 g/mol. The van der Waals surface area contributed by atoms with Crippen molar-refractivity contribution in [3.05, 3.63) is 64.4 Å². The first kappa shape index (κ1) is 17.9. The number of carbonyl (C=O) groups is 2. The third-order valence-corrected chi connectivity index (χ3v) is 4.83. The van der Waals surface area contributed by atoms with Crippen LogP contribution in [0.15, 0.2) is 58.5 Å². The summed E-state index contributed by atoms with van der Waals surface area (Å²) in [5.41, 5.74) is 1.66. The molecule has 0 atom stereocenters. The summed E-state index contributed by atoms with van der Waals surface area (Å²) in [4.78, 5) is 40.3. The number of nitrogens with one attached hydrogen (secondary N) is 1. The van der Waals surface area contributed by atoms with Crippen molar-refractivity contribution in [1.82, 2.24) is 9.55 Å². The Morgan fingerprint density at radius 3 is 2.50 bits per heavy atom. The van der Waals surface area contributed by atoms with E-state index in [0.717, 1.165) is 0 Å². The second kappa shape index (κ2) is 7.53. The van der Waals surface area contributed by atoms with E-state index in [0.29, 0.717) is 27.3 Å². The number of anilines is 1. The Balaban J connectivity index is 1.75. The van der Waals surface area contributed by atoms with Crippen molar-refractivity contribution in [2.24, 2.45) is 7.05 Å². The van der Waals surface area contributed by atoms with Crippen LogP contribution in [0, 0.1) is 0 Å². The van der Waals surface area contributed by atoms with E-state index in [1.807, 2.05) is 6.07 Å². The number of fused-ring (bicyclic) bond motifs is 1. The van der Waals surface area contributed by atoms with Crippen LogP contribution >= 0.6 is 11.8 Å². The quantitative estimate of drug-likeness (QED) is 0.426. The highest BCUT2D eigenvalue weighted by Gasteiger charge is 2.12. The lowest BCUT2D eigenvalue weighted by Gasteiger charge is -2.08. The summed E-state index contributed by atoms with van der Waals surface area (Å²) in [5, 5.41) is 3.71. The molecule has 1 aromatic heterocycles. The molecule has 0 aliphatic carbocycles. The van der Waals surface area contributed by atoms with Gasteiger partial charge in [-0.25, -0.2) is 4.98 Å². The van der Waals surface area contributed by atoms with Crippen LogP contribution in [0.1, 0.15) is 17.3 Å². The number of benzene rings is 2. The fourth-order valence-electron chi connectivity index (χ4n) is 2.48. The van der Waals surface area contributed by atoms with Crippen molar-refractivity contribution in [2.45, 2.75) is 12.1 Å². The molecule has 0 radical (unpaired) electrons. The molecular weight excluding hydrogens is 350 g/mol. The topological polar surface area (TPSA) is 81.1 Å². The lowest BCUT2D eigenvalue weighted by molar-refractivity contribution is -0.114. The van der Waals surface area contributed by atoms with Crippen LogP contribution < -0.4 is 10.9 Å². The van der Waals surface area contributed by atoms with Crippen LogP contribution in [0.5, 0.6) is 0 Å². The van der Waals surface area contributed by atoms with Gasteiger partial charge in [-0.1, -0.05) is 23.9 Å². The average Bonchev–Trinajstić information content (AvgIpc) is 2.63. The highest BCUT2D eigenvalue weighted by Crippen LogP contribution is 2.19. The predicted octanol–water partition coefficient (Wildman–Crippen LogP) is 2.87. The summed E-state index contributed by atoms with van der Waals surface area (Å²) >= 11 is 1.23. The monoisotopic (exact) mass is 367 g/mol. The van der Waals surface area contributed by atoms with Crippen LogP contribution in [0.3, 0.4) is 0 Å². The highest BCUT2D eigenvalue weighted by molar-refractivity contribution is 7.99. The Hall–Kier alpha value is -2.93. The van der Waals surface area contributed by atoms with Gasteiger partial charge >= 0.3 is 0 Å². The summed E-state index contributed by atoms with van der Waals surface area (Å²) in [6.45, 7) is 1.43. The summed E-state index contributed by atoms with van der Waals surface area (Å²) in [7, 11) is 1.65. The summed E-state index contributed by atoms with van der Waals surface area (Å²) in [6.07, 6.45) is 0. The number of hydrogen-bond donors (Lipinski definition) is 1. The molecule has 0 unspecified atom stereocenters. The van der Waals surface area contributed by atoms with Crippen molar-refractivity contribution < 1.29 is 9.59 Å². The molecule has 0 saturated heterocycles. The first-order chi connectivity index (χ1) is 12.5. The Bertz CT molecular complexity index is 1040. The minimum absolute atomic E-state index is 0.0771. The van der Waals surface area contributed by atoms with Gasteiger partial charge in [0.15, 0.2) is 10.9 Å². The van der Waals surface area contributed by atoms with Gasteiger partial charge in [-0.2, -0.15) is 0 Å². The van der Waals surface area contributed by atoms with Crippen LogP contribution in [-0.4, -0.2) is 27.0 Å². The van der Waals surface area contributed by atoms with E-state index in [4.69, 9.17) is 0 Å². The minimum Gasteiger partial charge on any atom is -0.326 e. The maximum absolute atomic E-state index is 12.4. The summed E-state index contributed by atoms with van der Waals surface area (Å²) in [6, 6.07) is 13.8. The second-order valence-corrected chi connectivity index (χ2v) is 6.69. The van der Waals surface area contributed by atoms with E-state index in [2.05, 4.69) is 10.3 Å². The van der Waals surface area contributed by atoms with Gasteiger partial charge in [0, 0.05) is 25.2 Å². The Kier molecular flexibility index (Phi) is 5.18. The van der Waals surface area contributed by atoms with Crippen LogP contribution in [0.2, 0.25) is 0 Å². The smallest absolute Gasteiger partial charge is 0.261 e. The van der Waals surface area contributed by atoms with E-state index in [-0.39, 0.29) is 23.0 Å². The maximum atomic E-state index is 12.4. The van der Waals surface area contributed by atoms with E-state index in [9.17, 15) is 14.4 Å². The molecule has 6 nitrogen and oxygen atoms in total. The standard InChI is InChI=1S/C19H17N3O3S/c1-12(23)20-14-9-7-13(8-10-14)17(24)11-26-19-21-16-6-4-3-5-15(16)18(25)22(19)2/h3-10H,11H2,1-2H3,(H,20,23). The van der Waals surface area contributed by atoms with Crippen molar-refractivity contribution in [2.75, 3.05) is 11.1 Å². The van der Waals surface area contributed by atoms with Gasteiger partial charge in [0.2, 0.25) is 5.91 Å². The van der Waals surface area contributed by atoms with Crippen molar-refractivity contribution in [3.63, 3.8) is 0 Å². The number of amides is 1. The number of hydrogen-bond acceptors (Lipinski definition) is 5. The van der Waals surface area contributed by atoms with E-state index < -0.39 is 0 Å². The maximum Gasteiger partial charge on any atom is 0.261 e. The van der Waals surface area contributed by atoms with Gasteiger partial charge in [0.05, 0.1) is 16.7 Å². The molecular formula is C19H17N3O3S. The van der Waals surface area contributed by atoms with Gasteiger partial charge in [-0.15, -0.1) is 0 Å². The first-order valence-corrected chi connectivity index (χ1v) is 8.93. The van der Waals surface area contributed by atoms with E-state index in [1.54, 1.807) is 49.5 Å². The Morgan fingerprint density at radius 1 is 1.12 bits per heavy atom. The van der Waals surface area contributed by atoms with Gasteiger partial charge < -0.3 is 5.32 Å². The van der Waals surface area contributed by atoms with Crippen LogP contribution in [0.4, 0.5) is 5.69 Å². The van der Waals surface area contributed by atoms with Gasteiger partial charge in [0.25, 0.3) is 5.56 Å². The summed E-state index contributed by atoms with van der Waals surface area (Å²) in [5.74, 6) is -0.0762. The second-order valence-electron chi connectivity index (χ2n) is 5.75. The molecule has 0 fully saturated rings. The molecule has 3 aromatic rings. The third kappa shape index (κ3) is 3.83. The normalized spacial score (nSPS) is 10.7. The predicted molar refractivity (Wildman–Crippen MR) is 103 cm³/mol. The molecule has 0 spiro atoms. The molecule has 7 heteroatoms. The zero-order valence-corrected chi connectivity index (χ0v) is 15.2. The number of para-hydroxylation sites is 1. The molecule has 0 aliphatic rings. The molecule has 1 heterocycles. The fourth-order valence-corrected chi connectivity index (χ4v) is 3.35. The van der Waals surface area contributed by atoms with Gasteiger partial charge in [-0.3, -0.25) is 19.0 Å². The number of rotatable bonds is 5. The third-order valence-electron chi connectivity index (χ3n) is 3.80. The molecule has 3 rings (SSSR count). The van der Waals surface area contributed by atoms with Gasteiger partial charge in [0.1, 0.15) is 0 Å². The number of aromatic nitrogens is 2. The summed E-state index contributed by atoms with van der Waals surface area (Å²) < 4.78 is 1.46. The van der Waals surface area contributed by atoms with E-state index >= 15 is 0 Å². The van der Waals surface area contributed by atoms with Crippen molar-refractivity contribution >= 4 is 40.0 Å². The Labute approximate surface area is 154 Å². The number of carbonyl (C=O) groups excluding carboxylic acids is 2. The number of thioether (sulfide) groups is 1. The number of ketones is 1. The molecule has 1 N–H and O–H groups in total. The van der Waals surface area contributed by atoms with Gasteiger partial charge in [-0.05, 0) is 36.4 Å². The van der Waals surface area contributed by atoms with Crippen molar-refractivity contribution in [1.29, 1.82) is 0 Å². The van der Waals surface area contributed by atoms with Crippen LogP contribution in [-0.2, 0) is 11.8 Å². The van der Waals surface area contributed by atoms with Crippen molar-refractivity contribution in [3.8, 4) is 0 Å². The number of nitrogens with zero attached hydrogens (tertiary/aromatic N) is 2. The SMILES string of the molecule is CC(=O)Nc1ccc(C(=O)CSc2nc3ccccc3c(=O)n2C)cc1.